The van der Waals surface area contributed by atoms with Crippen molar-refractivity contribution in [2.75, 3.05) is 5.32 Å². The summed E-state index contributed by atoms with van der Waals surface area (Å²) in [6.45, 7) is 1.61. The molecule has 0 aromatic heterocycles. The van der Waals surface area contributed by atoms with E-state index in [0.29, 0.717) is 21.9 Å². The fourth-order valence-electron chi connectivity index (χ4n) is 3.85. The molecule has 2 aromatic carbocycles. The van der Waals surface area contributed by atoms with Crippen LogP contribution in [0.15, 0.2) is 48.6 Å². The minimum absolute atomic E-state index is 0.0999. The van der Waals surface area contributed by atoms with E-state index in [4.69, 9.17) is 23.2 Å². The van der Waals surface area contributed by atoms with Crippen LogP contribution in [0.1, 0.15) is 46.8 Å². The first-order valence-electron chi connectivity index (χ1n) is 8.07. The molecule has 122 valence electrons. The molecule has 0 unspecified atom stereocenters. The second kappa shape index (κ2) is 5.94. The second-order valence-electron chi connectivity index (χ2n) is 6.51. The number of carbonyl (C=O) groups is 1. The highest BCUT2D eigenvalue weighted by molar-refractivity contribution is 6.42. The van der Waals surface area contributed by atoms with Crippen molar-refractivity contribution in [1.82, 2.24) is 0 Å². The predicted octanol–water partition coefficient (Wildman–Crippen LogP) is 6.02. The Morgan fingerprint density at radius 2 is 1.96 bits per heavy atom. The Labute approximate surface area is 151 Å². The van der Waals surface area contributed by atoms with Gasteiger partial charge in [0.05, 0.1) is 16.1 Å². The SMILES string of the molecule is CC(=O)c1ccc2c(c1)[C@H]1C=CC[C@@H]1[C@H](c1ccc(Cl)c(Cl)c1)N2. The number of halogens is 2. The van der Waals surface area contributed by atoms with Gasteiger partial charge in [0.2, 0.25) is 0 Å². The van der Waals surface area contributed by atoms with Gasteiger partial charge in [-0.3, -0.25) is 4.79 Å². The van der Waals surface area contributed by atoms with Gasteiger partial charge in [0.1, 0.15) is 0 Å². The number of fused-ring (bicyclic) bond motifs is 3. The minimum Gasteiger partial charge on any atom is -0.378 e. The average Bonchev–Trinajstić information content (AvgIpc) is 3.06. The van der Waals surface area contributed by atoms with Crippen molar-refractivity contribution in [2.45, 2.75) is 25.3 Å². The van der Waals surface area contributed by atoms with Crippen molar-refractivity contribution in [2.24, 2.45) is 5.92 Å². The standard InChI is InChI=1S/C20H17Cl2NO/c1-11(24)12-6-8-19-16(9-12)14-3-2-4-15(14)20(23-19)13-5-7-17(21)18(22)10-13/h2-3,5-10,14-15,20,23H,4H2,1H3/t14-,15-,20-/m0/s1. The second-order valence-corrected chi connectivity index (χ2v) is 7.32. The molecule has 0 saturated heterocycles. The number of anilines is 1. The highest BCUT2D eigenvalue weighted by Crippen LogP contribution is 2.50. The Kier molecular flexibility index (Phi) is 3.90. The molecule has 0 bridgehead atoms. The molecule has 0 saturated carbocycles. The van der Waals surface area contributed by atoms with E-state index in [9.17, 15) is 4.79 Å². The maximum absolute atomic E-state index is 11.7. The third kappa shape index (κ3) is 2.54. The van der Waals surface area contributed by atoms with E-state index >= 15 is 0 Å². The summed E-state index contributed by atoms with van der Waals surface area (Å²) in [6, 6.07) is 11.9. The van der Waals surface area contributed by atoms with E-state index in [2.05, 4.69) is 17.5 Å². The fraction of sp³-hybridized carbons (Fsp3) is 0.250. The molecule has 0 fully saturated rings. The van der Waals surface area contributed by atoms with Crippen molar-refractivity contribution in [3.8, 4) is 0 Å². The van der Waals surface area contributed by atoms with Gasteiger partial charge >= 0.3 is 0 Å². The van der Waals surface area contributed by atoms with Crippen LogP contribution in [-0.4, -0.2) is 5.78 Å². The Balaban J connectivity index is 1.78. The van der Waals surface area contributed by atoms with Crippen LogP contribution in [0.4, 0.5) is 5.69 Å². The normalized spacial score (nSPS) is 24.2. The summed E-state index contributed by atoms with van der Waals surface area (Å²) in [5.41, 5.74) is 4.20. The van der Waals surface area contributed by atoms with Gasteiger partial charge in [-0.2, -0.15) is 0 Å². The van der Waals surface area contributed by atoms with Crippen LogP contribution in [0.25, 0.3) is 0 Å². The fourth-order valence-corrected chi connectivity index (χ4v) is 4.16. The lowest BCUT2D eigenvalue weighted by atomic mass is 9.76. The van der Waals surface area contributed by atoms with Crippen LogP contribution < -0.4 is 5.32 Å². The van der Waals surface area contributed by atoms with Gasteiger partial charge in [-0.1, -0.05) is 41.4 Å². The van der Waals surface area contributed by atoms with Gasteiger partial charge in [0.25, 0.3) is 0 Å². The molecule has 1 heterocycles. The molecule has 0 amide bonds. The first-order valence-corrected chi connectivity index (χ1v) is 8.83. The van der Waals surface area contributed by atoms with Crippen molar-refractivity contribution < 1.29 is 4.79 Å². The molecule has 24 heavy (non-hydrogen) atoms. The molecule has 2 aromatic rings. The van der Waals surface area contributed by atoms with Gasteiger partial charge in [-0.05, 0) is 60.7 Å². The molecule has 4 heteroatoms. The topological polar surface area (TPSA) is 29.1 Å². The number of hydrogen-bond donors (Lipinski definition) is 1. The first-order chi connectivity index (χ1) is 11.5. The summed E-state index contributed by atoms with van der Waals surface area (Å²) in [5, 5.41) is 4.80. The largest absolute Gasteiger partial charge is 0.378 e. The lowest BCUT2D eigenvalue weighted by molar-refractivity contribution is 0.101. The molecule has 1 N–H and O–H groups in total. The Morgan fingerprint density at radius 1 is 1.12 bits per heavy atom. The number of Topliss-reactive ketones (excluding diaryl/α,β-unsaturated/α-hetero) is 1. The van der Waals surface area contributed by atoms with E-state index < -0.39 is 0 Å². The van der Waals surface area contributed by atoms with Gasteiger partial charge < -0.3 is 5.32 Å². The van der Waals surface area contributed by atoms with E-state index in [1.807, 2.05) is 36.4 Å². The lowest BCUT2D eigenvalue weighted by Crippen LogP contribution is -2.29. The zero-order valence-corrected chi connectivity index (χ0v) is 14.7. The number of carbonyl (C=O) groups excluding carboxylic acids is 1. The molecular formula is C20H17Cl2NO. The van der Waals surface area contributed by atoms with E-state index in [1.54, 1.807) is 6.92 Å². The maximum Gasteiger partial charge on any atom is 0.159 e. The van der Waals surface area contributed by atoms with Crippen LogP contribution in [0, 0.1) is 5.92 Å². The third-order valence-corrected chi connectivity index (χ3v) is 5.81. The Bertz CT molecular complexity index is 859. The highest BCUT2D eigenvalue weighted by atomic mass is 35.5. The summed E-state index contributed by atoms with van der Waals surface area (Å²) in [5.74, 6) is 0.833. The number of nitrogens with one attached hydrogen (secondary N) is 1. The first kappa shape index (κ1) is 15.7. The van der Waals surface area contributed by atoms with Crippen molar-refractivity contribution >= 4 is 34.7 Å². The molecule has 1 aliphatic heterocycles. The molecule has 4 rings (SSSR count). The maximum atomic E-state index is 11.7. The summed E-state index contributed by atoms with van der Waals surface area (Å²) in [7, 11) is 0. The number of hydrogen-bond acceptors (Lipinski definition) is 2. The summed E-state index contributed by atoms with van der Waals surface area (Å²) in [4.78, 5) is 11.7. The van der Waals surface area contributed by atoms with E-state index in [0.717, 1.165) is 23.2 Å². The molecule has 1 aliphatic carbocycles. The number of rotatable bonds is 2. The molecule has 2 nitrogen and oxygen atoms in total. The van der Waals surface area contributed by atoms with Gasteiger partial charge in [-0.15, -0.1) is 0 Å². The van der Waals surface area contributed by atoms with Crippen molar-refractivity contribution in [3.05, 3.63) is 75.3 Å². The molecule has 2 aliphatic rings. The Morgan fingerprint density at radius 3 is 2.71 bits per heavy atom. The van der Waals surface area contributed by atoms with Crippen molar-refractivity contribution in [1.29, 1.82) is 0 Å². The number of ketones is 1. The van der Waals surface area contributed by atoms with E-state index in [1.165, 1.54) is 5.56 Å². The van der Waals surface area contributed by atoms with Crippen LogP contribution in [0.3, 0.4) is 0 Å². The van der Waals surface area contributed by atoms with Gasteiger partial charge in [0.15, 0.2) is 5.78 Å². The van der Waals surface area contributed by atoms with Crippen LogP contribution in [-0.2, 0) is 0 Å². The van der Waals surface area contributed by atoms with Crippen LogP contribution in [0.2, 0.25) is 10.0 Å². The molecule has 0 radical (unpaired) electrons. The molecule has 0 spiro atoms. The summed E-state index contributed by atoms with van der Waals surface area (Å²) >= 11 is 12.3. The zero-order chi connectivity index (χ0) is 16.8. The monoisotopic (exact) mass is 357 g/mol. The van der Waals surface area contributed by atoms with Crippen LogP contribution in [0.5, 0.6) is 0 Å². The van der Waals surface area contributed by atoms with Gasteiger partial charge in [0, 0.05) is 17.2 Å². The smallest absolute Gasteiger partial charge is 0.159 e. The molecule has 3 atom stereocenters. The average molecular weight is 358 g/mol. The molecular weight excluding hydrogens is 341 g/mol. The minimum atomic E-state index is 0.0999. The summed E-state index contributed by atoms with van der Waals surface area (Å²) < 4.78 is 0. The summed E-state index contributed by atoms with van der Waals surface area (Å²) in [6.07, 6.45) is 5.50. The number of allylic oxidation sites excluding steroid dienone is 2. The predicted molar refractivity (Wildman–Crippen MR) is 99.3 cm³/mol. The van der Waals surface area contributed by atoms with E-state index in [-0.39, 0.29) is 11.8 Å². The third-order valence-electron chi connectivity index (χ3n) is 5.07. The Hall–Kier alpha value is -1.77. The van der Waals surface area contributed by atoms with Crippen molar-refractivity contribution in [3.63, 3.8) is 0 Å². The quantitative estimate of drug-likeness (QED) is 0.525. The highest BCUT2D eigenvalue weighted by Gasteiger charge is 2.38. The van der Waals surface area contributed by atoms with Crippen LogP contribution >= 0.6 is 23.2 Å². The lowest BCUT2D eigenvalue weighted by Gasteiger charge is -2.37. The number of benzene rings is 2. The van der Waals surface area contributed by atoms with Gasteiger partial charge in [-0.25, -0.2) is 0 Å². The zero-order valence-electron chi connectivity index (χ0n) is 13.2.